The summed E-state index contributed by atoms with van der Waals surface area (Å²) in [5, 5.41) is 0.0382. The van der Waals surface area contributed by atoms with Gasteiger partial charge in [-0.2, -0.15) is 4.72 Å². The zero-order valence-electron chi connectivity index (χ0n) is 17.7. The average molecular weight is 503 g/mol. The minimum Gasteiger partial charge on any atom is -0.396 e. The summed E-state index contributed by atoms with van der Waals surface area (Å²) in [6.07, 6.45) is 5.54. The van der Waals surface area contributed by atoms with E-state index in [1.54, 1.807) is 17.3 Å². The van der Waals surface area contributed by atoms with E-state index >= 15 is 0 Å². The lowest BCUT2D eigenvalue weighted by atomic mass is 9.98. The lowest BCUT2D eigenvalue weighted by Crippen LogP contribution is -2.50. The molecule has 2 aromatic rings. The lowest BCUT2D eigenvalue weighted by Gasteiger charge is -2.33. The molecule has 12 heteroatoms. The fraction of sp³-hybridized carbons (Fsp3) is 0.500. The minimum absolute atomic E-state index is 0.0191. The number of aromatic nitrogens is 2. The predicted molar refractivity (Wildman–Crippen MR) is 125 cm³/mol. The number of carbonyl (C=O) groups is 1. The molecule has 3 rings (SSSR count). The van der Waals surface area contributed by atoms with E-state index in [9.17, 15) is 13.2 Å². The van der Waals surface area contributed by atoms with Crippen LogP contribution in [0.4, 0.5) is 5.69 Å². The largest absolute Gasteiger partial charge is 0.396 e. The van der Waals surface area contributed by atoms with Crippen LogP contribution in [0.25, 0.3) is 0 Å². The maximum Gasteiger partial charge on any atom is 0.241 e. The number of aromatic amines is 1. The van der Waals surface area contributed by atoms with Gasteiger partial charge in [0, 0.05) is 25.5 Å². The van der Waals surface area contributed by atoms with Crippen molar-refractivity contribution in [2.75, 3.05) is 18.8 Å². The van der Waals surface area contributed by atoms with Crippen LogP contribution in [0.2, 0.25) is 10.0 Å². The van der Waals surface area contributed by atoms with Crippen molar-refractivity contribution in [3.63, 3.8) is 0 Å². The van der Waals surface area contributed by atoms with Crippen molar-refractivity contribution < 1.29 is 13.2 Å². The maximum absolute atomic E-state index is 13.3. The summed E-state index contributed by atoms with van der Waals surface area (Å²) in [5.41, 5.74) is 12.0. The Labute approximate surface area is 197 Å². The smallest absolute Gasteiger partial charge is 0.241 e. The van der Waals surface area contributed by atoms with Crippen molar-refractivity contribution in [3.05, 3.63) is 40.4 Å². The Morgan fingerprint density at radius 2 is 1.91 bits per heavy atom. The van der Waals surface area contributed by atoms with Gasteiger partial charge >= 0.3 is 0 Å². The molecule has 0 aliphatic carbocycles. The van der Waals surface area contributed by atoms with Crippen LogP contribution in [0.3, 0.4) is 0 Å². The molecule has 2 atom stereocenters. The number of piperidine rings is 1. The van der Waals surface area contributed by atoms with Gasteiger partial charge < -0.3 is 21.4 Å². The highest BCUT2D eigenvalue weighted by molar-refractivity contribution is 7.89. The first-order valence-corrected chi connectivity index (χ1v) is 12.6. The Bertz CT molecular complexity index is 1020. The molecular weight excluding hydrogens is 475 g/mol. The number of nitrogen functional groups attached to an aromatic ring is 1. The van der Waals surface area contributed by atoms with E-state index in [0.717, 1.165) is 12.8 Å². The highest BCUT2D eigenvalue weighted by Gasteiger charge is 2.32. The van der Waals surface area contributed by atoms with Crippen molar-refractivity contribution in [2.45, 2.75) is 49.6 Å². The van der Waals surface area contributed by atoms with Crippen LogP contribution in [0, 0.1) is 5.92 Å². The van der Waals surface area contributed by atoms with Crippen LogP contribution < -0.4 is 16.2 Å². The molecule has 32 heavy (non-hydrogen) atoms. The monoisotopic (exact) mass is 502 g/mol. The molecule has 176 valence electrons. The zero-order valence-corrected chi connectivity index (χ0v) is 20.1. The van der Waals surface area contributed by atoms with Gasteiger partial charge in [-0.25, -0.2) is 13.4 Å². The number of halogens is 2. The van der Waals surface area contributed by atoms with E-state index in [-0.39, 0.29) is 33.0 Å². The highest BCUT2D eigenvalue weighted by Crippen LogP contribution is 2.31. The van der Waals surface area contributed by atoms with Crippen molar-refractivity contribution in [2.24, 2.45) is 11.7 Å². The third-order valence-corrected chi connectivity index (χ3v) is 7.77. The van der Waals surface area contributed by atoms with Crippen molar-refractivity contribution in [1.82, 2.24) is 19.6 Å². The zero-order chi connectivity index (χ0) is 23.5. The van der Waals surface area contributed by atoms with Gasteiger partial charge in [-0.1, -0.05) is 30.1 Å². The molecule has 0 spiro atoms. The van der Waals surface area contributed by atoms with Crippen molar-refractivity contribution >= 4 is 44.8 Å². The number of benzene rings is 1. The number of rotatable bonds is 8. The van der Waals surface area contributed by atoms with Gasteiger partial charge in [-0.3, -0.25) is 4.79 Å². The van der Waals surface area contributed by atoms with Gasteiger partial charge in [0.1, 0.15) is 11.9 Å². The number of nitrogens with one attached hydrogen (secondary N) is 2. The number of hydrogen-bond donors (Lipinski definition) is 4. The SMILES string of the molecule is CC1CCN(C(=O)C(CCC(N)c2ncc[nH]2)NS(=O)(=O)c2cc(Cl)c(N)c(Cl)c2)CC1. The first-order chi connectivity index (χ1) is 15.1. The molecule has 2 heterocycles. The van der Waals surface area contributed by atoms with Crippen LogP contribution in [-0.2, 0) is 14.8 Å². The number of nitrogens with zero attached hydrogens (tertiary/aromatic N) is 2. The Morgan fingerprint density at radius 3 is 2.47 bits per heavy atom. The lowest BCUT2D eigenvalue weighted by molar-refractivity contribution is -0.134. The quantitative estimate of drug-likeness (QED) is 0.407. The van der Waals surface area contributed by atoms with E-state index in [2.05, 4.69) is 21.6 Å². The summed E-state index contributed by atoms with van der Waals surface area (Å²) in [6, 6.07) is 0.962. The second-order valence-electron chi connectivity index (χ2n) is 8.14. The summed E-state index contributed by atoms with van der Waals surface area (Å²) >= 11 is 12.0. The minimum atomic E-state index is -4.10. The van der Waals surface area contributed by atoms with E-state index in [1.807, 2.05) is 0 Å². The second kappa shape index (κ2) is 10.4. The summed E-state index contributed by atoms with van der Waals surface area (Å²) in [7, 11) is -4.10. The molecular formula is C20H28Cl2N6O3S. The van der Waals surface area contributed by atoms with Gasteiger partial charge in [0.25, 0.3) is 0 Å². The van der Waals surface area contributed by atoms with Crippen molar-refractivity contribution in [3.8, 4) is 0 Å². The number of anilines is 1. The van der Waals surface area contributed by atoms with Crippen LogP contribution in [0.5, 0.6) is 0 Å². The average Bonchev–Trinajstić information content (AvgIpc) is 3.29. The molecule has 0 radical (unpaired) electrons. The molecule has 1 fully saturated rings. The van der Waals surface area contributed by atoms with Gasteiger partial charge in [-0.05, 0) is 43.7 Å². The highest BCUT2D eigenvalue weighted by atomic mass is 35.5. The topological polar surface area (TPSA) is 147 Å². The Morgan fingerprint density at radius 1 is 1.28 bits per heavy atom. The Kier molecular flexibility index (Phi) is 8.05. The van der Waals surface area contributed by atoms with E-state index in [4.69, 9.17) is 34.7 Å². The van der Waals surface area contributed by atoms with Gasteiger partial charge in [0.05, 0.1) is 26.7 Å². The fourth-order valence-electron chi connectivity index (χ4n) is 3.62. The number of amides is 1. The normalized spacial score (nSPS) is 17.3. The number of imidazole rings is 1. The number of likely N-dealkylation sites (tertiary alicyclic amines) is 1. The maximum atomic E-state index is 13.3. The van der Waals surface area contributed by atoms with Crippen LogP contribution in [-0.4, -0.2) is 48.3 Å². The summed E-state index contributed by atoms with van der Waals surface area (Å²) in [6.45, 7) is 3.31. The standard InChI is InChI=1S/C20H28Cl2N6O3S/c1-12-4-8-28(9-5-12)20(29)17(3-2-16(23)19-25-6-7-26-19)27-32(30,31)13-10-14(21)18(24)15(22)11-13/h6-7,10-12,16-17,27H,2-5,8-9,23-24H2,1H3,(H,25,26). The third-order valence-electron chi connectivity index (χ3n) is 5.69. The number of sulfonamides is 1. The number of nitrogens with two attached hydrogens (primary N) is 2. The van der Waals surface area contributed by atoms with Gasteiger partial charge in [-0.15, -0.1) is 0 Å². The molecule has 1 aromatic carbocycles. The fourth-order valence-corrected chi connectivity index (χ4v) is 5.51. The number of H-pyrrole nitrogens is 1. The molecule has 0 saturated carbocycles. The molecule has 6 N–H and O–H groups in total. The first-order valence-electron chi connectivity index (χ1n) is 10.4. The van der Waals surface area contributed by atoms with Crippen molar-refractivity contribution in [1.29, 1.82) is 0 Å². The van der Waals surface area contributed by atoms with Crippen LogP contribution in [0.15, 0.2) is 29.4 Å². The Hall–Kier alpha value is -1.85. The van der Waals surface area contributed by atoms with E-state index < -0.39 is 22.1 Å². The molecule has 1 amide bonds. The second-order valence-corrected chi connectivity index (χ2v) is 10.7. The van der Waals surface area contributed by atoms with E-state index in [0.29, 0.717) is 31.3 Å². The molecule has 2 unspecified atom stereocenters. The summed E-state index contributed by atoms with van der Waals surface area (Å²) in [4.78, 5) is 21.9. The van der Waals surface area contributed by atoms with Crippen LogP contribution in [0.1, 0.15) is 44.5 Å². The Balaban J connectivity index is 1.81. The summed E-state index contributed by atoms with van der Waals surface area (Å²) < 4.78 is 28.7. The van der Waals surface area contributed by atoms with E-state index in [1.165, 1.54) is 12.1 Å². The third kappa shape index (κ3) is 5.93. The molecule has 1 aliphatic rings. The molecule has 1 saturated heterocycles. The summed E-state index contributed by atoms with van der Waals surface area (Å²) in [5.74, 6) is 0.823. The number of carbonyl (C=O) groups excluding carboxylic acids is 1. The molecule has 1 aromatic heterocycles. The van der Waals surface area contributed by atoms with Crippen LogP contribution >= 0.6 is 23.2 Å². The molecule has 9 nitrogen and oxygen atoms in total. The predicted octanol–water partition coefficient (Wildman–Crippen LogP) is 2.68. The van der Waals surface area contributed by atoms with Gasteiger partial charge in [0.15, 0.2) is 0 Å². The molecule has 0 bridgehead atoms. The van der Waals surface area contributed by atoms with Gasteiger partial charge in [0.2, 0.25) is 15.9 Å². The number of hydrogen-bond acceptors (Lipinski definition) is 6. The first kappa shape index (κ1) is 24.8. The molecule has 1 aliphatic heterocycles.